The summed E-state index contributed by atoms with van der Waals surface area (Å²) >= 11 is 0. The van der Waals surface area contributed by atoms with Crippen molar-refractivity contribution in [2.75, 3.05) is 33.3 Å². The first kappa shape index (κ1) is 20.5. The summed E-state index contributed by atoms with van der Waals surface area (Å²) in [5.41, 5.74) is 5.10. The van der Waals surface area contributed by atoms with Crippen molar-refractivity contribution in [1.82, 2.24) is 30.2 Å². The molecule has 164 valence electrons. The van der Waals surface area contributed by atoms with Crippen molar-refractivity contribution in [3.63, 3.8) is 0 Å². The maximum Gasteiger partial charge on any atom is 0.213 e. The zero-order valence-corrected chi connectivity index (χ0v) is 17.9. The highest BCUT2D eigenvalue weighted by molar-refractivity contribution is 5.82. The number of imidazole rings is 1. The number of H-pyrrole nitrogens is 1. The van der Waals surface area contributed by atoms with Crippen molar-refractivity contribution in [2.45, 2.75) is 13.0 Å². The average Bonchev–Trinajstić information content (AvgIpc) is 3.22. The Morgan fingerprint density at radius 3 is 2.81 bits per heavy atom. The van der Waals surface area contributed by atoms with E-state index in [4.69, 9.17) is 9.72 Å². The molecule has 1 aromatic carbocycles. The van der Waals surface area contributed by atoms with Gasteiger partial charge in [-0.2, -0.15) is 0 Å². The van der Waals surface area contributed by atoms with Gasteiger partial charge >= 0.3 is 0 Å². The lowest BCUT2D eigenvalue weighted by atomic mass is 10.1. The largest absolute Gasteiger partial charge is 0.481 e. The van der Waals surface area contributed by atoms with Gasteiger partial charge in [-0.15, -0.1) is 0 Å². The number of pyridine rings is 2. The Balaban J connectivity index is 1.36. The molecule has 0 aliphatic carbocycles. The molecule has 2 N–H and O–H groups in total. The molecule has 3 aromatic heterocycles. The summed E-state index contributed by atoms with van der Waals surface area (Å²) in [6.07, 6.45) is 3.65. The van der Waals surface area contributed by atoms with Crippen LogP contribution in [0.15, 0.2) is 48.8 Å². The van der Waals surface area contributed by atoms with Gasteiger partial charge in [-0.25, -0.2) is 14.4 Å². The molecule has 5 rings (SSSR count). The summed E-state index contributed by atoms with van der Waals surface area (Å²) in [6.45, 7) is 5.13. The Kier molecular flexibility index (Phi) is 5.79. The number of benzene rings is 1. The number of hydrogen-bond acceptors (Lipinski definition) is 6. The van der Waals surface area contributed by atoms with Gasteiger partial charge in [0.25, 0.3) is 0 Å². The van der Waals surface area contributed by atoms with Gasteiger partial charge < -0.3 is 15.0 Å². The van der Waals surface area contributed by atoms with Crippen molar-refractivity contribution in [3.05, 3.63) is 71.7 Å². The summed E-state index contributed by atoms with van der Waals surface area (Å²) in [5, 5.41) is 3.38. The number of methoxy groups -OCH3 is 1. The molecule has 1 aliphatic heterocycles. The molecule has 1 saturated heterocycles. The molecule has 7 nitrogen and oxygen atoms in total. The second-order valence-corrected chi connectivity index (χ2v) is 7.98. The number of aromatic nitrogens is 4. The van der Waals surface area contributed by atoms with E-state index in [2.05, 4.69) is 37.3 Å². The quantitative estimate of drug-likeness (QED) is 0.487. The highest BCUT2D eigenvalue weighted by atomic mass is 19.1. The van der Waals surface area contributed by atoms with Crippen LogP contribution in [0.25, 0.3) is 22.2 Å². The summed E-state index contributed by atoms with van der Waals surface area (Å²) in [7, 11) is 1.52. The standard InChI is InChI=1S/C24H25FN6O/c1-32-24-13-19(20(25)14-28-24)17-2-3-21-22(11-17)30-23(29-21)12-18-10-16(4-5-27-18)15-31-8-6-26-7-9-31/h2-5,10-11,13-14,26H,6-9,12,15H2,1H3,(H,29,30). The Morgan fingerprint density at radius 2 is 1.97 bits per heavy atom. The molecule has 32 heavy (non-hydrogen) atoms. The number of nitrogens with zero attached hydrogens (tertiary/aromatic N) is 4. The van der Waals surface area contributed by atoms with Gasteiger partial charge in [0.05, 0.1) is 24.3 Å². The first-order valence-corrected chi connectivity index (χ1v) is 10.7. The molecule has 4 aromatic rings. The molecular formula is C24H25FN6O. The lowest BCUT2D eigenvalue weighted by Crippen LogP contribution is -2.42. The molecule has 8 heteroatoms. The number of rotatable bonds is 6. The number of nitrogens with one attached hydrogen (secondary N) is 2. The Hall–Kier alpha value is -3.36. The second-order valence-electron chi connectivity index (χ2n) is 7.98. The van der Waals surface area contributed by atoms with E-state index in [1.54, 1.807) is 6.07 Å². The van der Waals surface area contributed by atoms with E-state index in [0.29, 0.717) is 17.9 Å². The normalized spacial score (nSPS) is 14.7. The minimum atomic E-state index is -0.393. The maximum atomic E-state index is 14.3. The number of piperazine rings is 1. The van der Waals surface area contributed by atoms with Crippen LogP contribution in [0.1, 0.15) is 17.1 Å². The minimum Gasteiger partial charge on any atom is -0.481 e. The van der Waals surface area contributed by atoms with E-state index in [1.165, 1.54) is 18.9 Å². The van der Waals surface area contributed by atoms with Crippen LogP contribution >= 0.6 is 0 Å². The minimum absolute atomic E-state index is 0.374. The van der Waals surface area contributed by atoms with Crippen LogP contribution in [0, 0.1) is 5.82 Å². The van der Waals surface area contributed by atoms with E-state index in [0.717, 1.165) is 60.8 Å². The van der Waals surface area contributed by atoms with E-state index in [1.807, 2.05) is 24.4 Å². The lowest BCUT2D eigenvalue weighted by molar-refractivity contribution is 0.233. The third-order valence-electron chi connectivity index (χ3n) is 5.73. The van der Waals surface area contributed by atoms with Gasteiger partial charge in [0.1, 0.15) is 11.6 Å². The summed E-state index contributed by atoms with van der Waals surface area (Å²) in [5.74, 6) is 0.811. The third kappa shape index (κ3) is 4.46. The van der Waals surface area contributed by atoms with Crippen LogP contribution in [0.5, 0.6) is 5.88 Å². The zero-order valence-electron chi connectivity index (χ0n) is 17.9. The molecule has 0 radical (unpaired) electrons. The van der Waals surface area contributed by atoms with Gasteiger partial charge in [0.15, 0.2) is 0 Å². The summed E-state index contributed by atoms with van der Waals surface area (Å²) < 4.78 is 19.5. The highest BCUT2D eigenvalue weighted by Gasteiger charge is 2.13. The van der Waals surface area contributed by atoms with E-state index >= 15 is 0 Å². The first-order chi connectivity index (χ1) is 15.7. The maximum absolute atomic E-state index is 14.3. The molecule has 0 bridgehead atoms. The average molecular weight is 433 g/mol. The van der Waals surface area contributed by atoms with Crippen molar-refractivity contribution >= 4 is 11.0 Å². The highest BCUT2D eigenvalue weighted by Crippen LogP contribution is 2.28. The summed E-state index contributed by atoms with van der Waals surface area (Å²) in [6, 6.07) is 11.5. The van der Waals surface area contributed by atoms with Crippen LogP contribution in [-0.2, 0) is 13.0 Å². The van der Waals surface area contributed by atoms with Gasteiger partial charge in [-0.3, -0.25) is 9.88 Å². The number of halogens is 1. The molecule has 0 saturated carbocycles. The molecule has 0 unspecified atom stereocenters. The van der Waals surface area contributed by atoms with E-state index < -0.39 is 5.82 Å². The number of hydrogen-bond donors (Lipinski definition) is 2. The fourth-order valence-electron chi connectivity index (χ4n) is 4.09. The van der Waals surface area contributed by atoms with Gasteiger partial charge in [-0.1, -0.05) is 6.07 Å². The number of aromatic amines is 1. The molecule has 1 aliphatic rings. The van der Waals surface area contributed by atoms with Crippen molar-refractivity contribution in [2.24, 2.45) is 0 Å². The topological polar surface area (TPSA) is 79.0 Å². The monoisotopic (exact) mass is 432 g/mol. The second kappa shape index (κ2) is 9.02. The van der Waals surface area contributed by atoms with Gasteiger partial charge in [-0.05, 0) is 35.4 Å². The van der Waals surface area contributed by atoms with Crippen LogP contribution in [0.2, 0.25) is 0 Å². The van der Waals surface area contributed by atoms with Crippen LogP contribution in [0.4, 0.5) is 4.39 Å². The predicted octanol–water partition coefficient (Wildman–Crippen LogP) is 3.16. The number of fused-ring (bicyclic) bond motifs is 1. The number of ether oxygens (including phenoxy) is 1. The first-order valence-electron chi connectivity index (χ1n) is 10.7. The smallest absolute Gasteiger partial charge is 0.213 e. The van der Waals surface area contributed by atoms with Crippen LogP contribution in [0.3, 0.4) is 0 Å². The predicted molar refractivity (Wildman–Crippen MR) is 121 cm³/mol. The molecule has 0 atom stereocenters. The van der Waals surface area contributed by atoms with Gasteiger partial charge in [0.2, 0.25) is 5.88 Å². The molecule has 1 fully saturated rings. The zero-order chi connectivity index (χ0) is 21.9. The fourth-order valence-corrected chi connectivity index (χ4v) is 4.09. The molecule has 4 heterocycles. The van der Waals surface area contributed by atoms with Crippen LogP contribution in [-0.4, -0.2) is 58.1 Å². The van der Waals surface area contributed by atoms with Crippen molar-refractivity contribution < 1.29 is 9.13 Å². The van der Waals surface area contributed by atoms with E-state index in [9.17, 15) is 4.39 Å². The van der Waals surface area contributed by atoms with Crippen molar-refractivity contribution in [3.8, 4) is 17.0 Å². The molecule has 0 spiro atoms. The van der Waals surface area contributed by atoms with Crippen molar-refractivity contribution in [1.29, 1.82) is 0 Å². The fraction of sp³-hybridized carbons (Fsp3) is 0.292. The Morgan fingerprint density at radius 1 is 1.09 bits per heavy atom. The Bertz CT molecular complexity index is 1230. The molecule has 0 amide bonds. The molecular weight excluding hydrogens is 407 g/mol. The van der Waals surface area contributed by atoms with E-state index in [-0.39, 0.29) is 0 Å². The Labute approximate surface area is 185 Å². The third-order valence-corrected chi connectivity index (χ3v) is 5.73. The summed E-state index contributed by atoms with van der Waals surface area (Å²) in [4.78, 5) is 19.0. The van der Waals surface area contributed by atoms with Gasteiger partial charge in [0, 0.05) is 62.7 Å². The van der Waals surface area contributed by atoms with Crippen LogP contribution < -0.4 is 10.1 Å². The SMILES string of the molecule is COc1cc(-c2ccc3nc(Cc4cc(CN5CCNCC5)ccn4)[nH]c3c2)c(F)cn1. The lowest BCUT2D eigenvalue weighted by Gasteiger charge is -2.27.